The molecule has 3 nitrogen and oxygen atoms in total. The molecule has 0 bridgehead atoms. The first-order valence-electron chi connectivity index (χ1n) is 8.66. The molecule has 0 atom stereocenters. The maximum absolute atomic E-state index is 6.19. The van der Waals surface area contributed by atoms with E-state index in [1.54, 1.807) is 11.8 Å². The third kappa shape index (κ3) is 4.07. The first kappa shape index (κ1) is 17.8. The van der Waals surface area contributed by atoms with Crippen LogP contribution in [0.2, 0.25) is 5.02 Å². The number of halogens is 1. The van der Waals surface area contributed by atoms with Gasteiger partial charge in [-0.2, -0.15) is 0 Å². The van der Waals surface area contributed by atoms with Crippen LogP contribution in [0.5, 0.6) is 0 Å². The molecule has 0 amide bonds. The van der Waals surface area contributed by atoms with Crippen molar-refractivity contribution in [3.8, 4) is 17.1 Å². The molecule has 4 rings (SSSR count). The van der Waals surface area contributed by atoms with Gasteiger partial charge in [0.1, 0.15) is 0 Å². The summed E-state index contributed by atoms with van der Waals surface area (Å²) in [5, 5.41) is 10.5. The van der Waals surface area contributed by atoms with Crippen molar-refractivity contribution in [1.29, 1.82) is 0 Å². The predicted molar refractivity (Wildman–Crippen MR) is 113 cm³/mol. The second-order valence-corrected chi connectivity index (χ2v) is 7.64. The fourth-order valence-corrected chi connectivity index (χ4v) is 4.02. The van der Waals surface area contributed by atoms with Crippen molar-refractivity contribution in [3.05, 3.63) is 95.0 Å². The molecule has 0 N–H and O–H groups in total. The fraction of sp³-hybridized carbons (Fsp3) is 0.0909. The highest BCUT2D eigenvalue weighted by Crippen LogP contribution is 2.30. The topological polar surface area (TPSA) is 30.7 Å². The Bertz CT molecular complexity index is 1060. The first-order valence-corrected chi connectivity index (χ1v) is 10.0. The van der Waals surface area contributed by atoms with Crippen LogP contribution in [0.3, 0.4) is 0 Å². The van der Waals surface area contributed by atoms with Gasteiger partial charge in [0.15, 0.2) is 11.0 Å². The molecule has 27 heavy (non-hydrogen) atoms. The van der Waals surface area contributed by atoms with E-state index in [0.717, 1.165) is 28.0 Å². The Balaban J connectivity index is 1.73. The highest BCUT2D eigenvalue weighted by atomic mass is 35.5. The van der Waals surface area contributed by atoms with E-state index in [1.807, 2.05) is 42.5 Å². The van der Waals surface area contributed by atoms with Crippen LogP contribution in [0.1, 0.15) is 11.1 Å². The fourth-order valence-electron chi connectivity index (χ4n) is 2.94. The molecule has 4 aromatic rings. The van der Waals surface area contributed by atoms with E-state index in [4.69, 9.17) is 11.6 Å². The number of hydrogen-bond acceptors (Lipinski definition) is 3. The van der Waals surface area contributed by atoms with E-state index in [-0.39, 0.29) is 0 Å². The highest BCUT2D eigenvalue weighted by molar-refractivity contribution is 7.98. The van der Waals surface area contributed by atoms with Crippen LogP contribution in [0.15, 0.2) is 84.0 Å². The number of rotatable bonds is 5. The summed E-state index contributed by atoms with van der Waals surface area (Å²) in [6.45, 7) is 2.11. The van der Waals surface area contributed by atoms with Crippen LogP contribution in [0.4, 0.5) is 0 Å². The minimum atomic E-state index is 0.684. The molecule has 3 aromatic carbocycles. The second-order valence-electron chi connectivity index (χ2n) is 6.27. The minimum Gasteiger partial charge on any atom is -0.270 e. The molecule has 0 unspecified atom stereocenters. The standard InChI is InChI=1S/C22H18ClN3S/c1-16-7-5-8-17(13-16)15-27-22-25-24-21(18-9-6-10-19(23)14-18)26(22)20-11-3-2-4-12-20/h2-14H,15H2,1H3. The van der Waals surface area contributed by atoms with Gasteiger partial charge in [-0.1, -0.05) is 83.5 Å². The van der Waals surface area contributed by atoms with Crippen LogP contribution in [0, 0.1) is 6.92 Å². The number of aryl methyl sites for hydroxylation is 1. The van der Waals surface area contributed by atoms with Crippen molar-refractivity contribution in [1.82, 2.24) is 14.8 Å². The second kappa shape index (κ2) is 7.99. The maximum atomic E-state index is 6.19. The maximum Gasteiger partial charge on any atom is 0.196 e. The van der Waals surface area contributed by atoms with Gasteiger partial charge in [0, 0.05) is 22.0 Å². The zero-order valence-electron chi connectivity index (χ0n) is 14.8. The summed E-state index contributed by atoms with van der Waals surface area (Å²) >= 11 is 7.87. The quantitative estimate of drug-likeness (QED) is 0.380. The van der Waals surface area contributed by atoms with E-state index >= 15 is 0 Å². The van der Waals surface area contributed by atoms with Gasteiger partial charge >= 0.3 is 0 Å². The van der Waals surface area contributed by atoms with Crippen molar-refractivity contribution >= 4 is 23.4 Å². The lowest BCUT2D eigenvalue weighted by atomic mass is 10.2. The van der Waals surface area contributed by atoms with Crippen molar-refractivity contribution in [2.24, 2.45) is 0 Å². The Labute approximate surface area is 168 Å². The molecule has 0 saturated carbocycles. The Hall–Kier alpha value is -2.56. The summed E-state index contributed by atoms with van der Waals surface area (Å²) < 4.78 is 2.09. The monoisotopic (exact) mass is 391 g/mol. The molecule has 0 radical (unpaired) electrons. The van der Waals surface area contributed by atoms with Gasteiger partial charge in [-0.3, -0.25) is 4.57 Å². The van der Waals surface area contributed by atoms with Crippen LogP contribution < -0.4 is 0 Å². The zero-order valence-corrected chi connectivity index (χ0v) is 16.4. The molecule has 0 aliphatic rings. The van der Waals surface area contributed by atoms with Gasteiger partial charge in [0.05, 0.1) is 0 Å². The lowest BCUT2D eigenvalue weighted by Crippen LogP contribution is -1.99. The molecule has 0 saturated heterocycles. The largest absolute Gasteiger partial charge is 0.270 e. The third-order valence-electron chi connectivity index (χ3n) is 4.18. The normalized spacial score (nSPS) is 10.9. The Morgan fingerprint density at radius 3 is 2.48 bits per heavy atom. The summed E-state index contributed by atoms with van der Waals surface area (Å²) in [5.74, 6) is 1.62. The molecular formula is C22H18ClN3S. The molecule has 1 heterocycles. The number of benzene rings is 3. The first-order chi connectivity index (χ1) is 13.2. The van der Waals surface area contributed by atoms with Crippen molar-refractivity contribution in [2.75, 3.05) is 0 Å². The molecule has 0 aliphatic heterocycles. The summed E-state index contributed by atoms with van der Waals surface area (Å²) in [7, 11) is 0. The number of hydrogen-bond donors (Lipinski definition) is 0. The van der Waals surface area contributed by atoms with Crippen molar-refractivity contribution in [3.63, 3.8) is 0 Å². The molecular weight excluding hydrogens is 374 g/mol. The molecule has 1 aromatic heterocycles. The molecule has 0 aliphatic carbocycles. The molecule has 134 valence electrons. The lowest BCUT2D eigenvalue weighted by molar-refractivity contribution is 0.886. The van der Waals surface area contributed by atoms with Gasteiger partial charge < -0.3 is 0 Å². The summed E-state index contributed by atoms with van der Waals surface area (Å²) in [6, 6.07) is 26.4. The molecule has 5 heteroatoms. The average molecular weight is 392 g/mol. The SMILES string of the molecule is Cc1cccc(CSc2nnc(-c3cccc(Cl)c3)n2-c2ccccc2)c1. The summed E-state index contributed by atoms with van der Waals surface area (Å²) in [5.41, 5.74) is 4.51. The van der Waals surface area contributed by atoms with Crippen molar-refractivity contribution < 1.29 is 0 Å². The van der Waals surface area contributed by atoms with Gasteiger partial charge in [0.2, 0.25) is 0 Å². The van der Waals surface area contributed by atoms with Gasteiger partial charge in [-0.15, -0.1) is 10.2 Å². The zero-order chi connectivity index (χ0) is 18.6. The summed E-state index contributed by atoms with van der Waals surface area (Å²) in [4.78, 5) is 0. The smallest absolute Gasteiger partial charge is 0.196 e. The highest BCUT2D eigenvalue weighted by Gasteiger charge is 2.16. The van der Waals surface area contributed by atoms with Crippen molar-refractivity contribution in [2.45, 2.75) is 17.8 Å². The number of para-hydroxylation sites is 1. The van der Waals surface area contributed by atoms with E-state index in [9.17, 15) is 0 Å². The Morgan fingerprint density at radius 1 is 0.889 bits per heavy atom. The lowest BCUT2D eigenvalue weighted by Gasteiger charge is -2.10. The van der Waals surface area contributed by atoms with E-state index in [0.29, 0.717) is 5.02 Å². The number of thioether (sulfide) groups is 1. The molecule has 0 fully saturated rings. The third-order valence-corrected chi connectivity index (χ3v) is 5.42. The minimum absolute atomic E-state index is 0.684. The van der Waals surface area contributed by atoms with E-state index < -0.39 is 0 Å². The number of nitrogens with zero attached hydrogens (tertiary/aromatic N) is 3. The van der Waals surface area contributed by atoms with Crippen LogP contribution in [-0.4, -0.2) is 14.8 Å². The van der Waals surface area contributed by atoms with Crippen LogP contribution in [0.25, 0.3) is 17.1 Å². The summed E-state index contributed by atoms with van der Waals surface area (Å²) in [6.07, 6.45) is 0. The predicted octanol–water partition coefficient (Wildman–Crippen LogP) is 6.19. The van der Waals surface area contributed by atoms with Crippen LogP contribution in [-0.2, 0) is 5.75 Å². The Morgan fingerprint density at radius 2 is 1.70 bits per heavy atom. The van der Waals surface area contributed by atoms with Gasteiger partial charge in [-0.25, -0.2) is 0 Å². The van der Waals surface area contributed by atoms with Gasteiger partial charge in [-0.05, 0) is 36.8 Å². The average Bonchev–Trinajstić information content (AvgIpc) is 3.11. The van der Waals surface area contributed by atoms with E-state index in [2.05, 4.69) is 58.1 Å². The number of aromatic nitrogens is 3. The van der Waals surface area contributed by atoms with Crippen LogP contribution >= 0.6 is 23.4 Å². The Kier molecular flexibility index (Phi) is 5.28. The molecule has 0 spiro atoms. The van der Waals surface area contributed by atoms with E-state index in [1.165, 1.54) is 11.1 Å². The van der Waals surface area contributed by atoms with Gasteiger partial charge in [0.25, 0.3) is 0 Å².